The van der Waals surface area contributed by atoms with Crippen molar-refractivity contribution in [1.82, 2.24) is 5.32 Å². The van der Waals surface area contributed by atoms with Crippen LogP contribution in [0.25, 0.3) is 0 Å². The number of unbranched alkanes of at least 4 members (excludes halogenated alkanes) is 1. The third kappa shape index (κ3) is 5.04. The maximum atomic E-state index is 12.6. The largest absolute Gasteiger partial charge is 0.352 e. The van der Waals surface area contributed by atoms with E-state index >= 15 is 0 Å². The summed E-state index contributed by atoms with van der Waals surface area (Å²) in [6.45, 7) is 2.76. The molecule has 2 atom stereocenters. The summed E-state index contributed by atoms with van der Waals surface area (Å²) in [5, 5.41) is 4.85. The predicted molar refractivity (Wildman–Crippen MR) is 133 cm³/mol. The van der Waals surface area contributed by atoms with Gasteiger partial charge < -0.3 is 5.32 Å². The van der Waals surface area contributed by atoms with Crippen LogP contribution in [0.1, 0.15) is 35.7 Å². The molecule has 1 N–H and O–H groups in total. The summed E-state index contributed by atoms with van der Waals surface area (Å²) in [6.07, 6.45) is 7.98. The maximum Gasteiger partial charge on any atom is 0.251 e. The number of fused-ring (bicyclic) bond motifs is 2. The summed E-state index contributed by atoms with van der Waals surface area (Å²) in [5.41, 5.74) is 3.00. The molecule has 2 aliphatic rings. The predicted octanol–water partition coefficient (Wildman–Crippen LogP) is 7.43. The lowest BCUT2D eigenvalue weighted by atomic mass is 9.90. The Morgan fingerprint density at radius 2 is 2.00 bits per heavy atom. The van der Waals surface area contributed by atoms with Gasteiger partial charge >= 0.3 is 0 Å². The van der Waals surface area contributed by atoms with E-state index in [1.54, 1.807) is 17.8 Å². The molecule has 1 aliphatic carbocycles. The smallest absolute Gasteiger partial charge is 0.251 e. The van der Waals surface area contributed by atoms with Crippen molar-refractivity contribution >= 4 is 63.9 Å². The highest BCUT2D eigenvalue weighted by Gasteiger charge is 2.32. The summed E-state index contributed by atoms with van der Waals surface area (Å²) >= 11 is 20.7. The van der Waals surface area contributed by atoms with E-state index in [1.165, 1.54) is 0 Å². The van der Waals surface area contributed by atoms with Crippen molar-refractivity contribution in [3.63, 3.8) is 0 Å². The van der Waals surface area contributed by atoms with Crippen LogP contribution >= 0.6 is 46.6 Å². The highest BCUT2D eigenvalue weighted by molar-refractivity contribution is 8.00. The van der Waals surface area contributed by atoms with E-state index in [4.69, 9.17) is 39.8 Å². The molecule has 0 spiro atoms. The van der Waals surface area contributed by atoms with E-state index < -0.39 is 0 Å². The van der Waals surface area contributed by atoms with Gasteiger partial charge in [-0.1, -0.05) is 66.4 Å². The van der Waals surface area contributed by atoms with Crippen molar-refractivity contribution in [2.45, 2.75) is 29.9 Å². The second kappa shape index (κ2) is 9.83. The van der Waals surface area contributed by atoms with Gasteiger partial charge in [0.05, 0.1) is 16.4 Å². The fourth-order valence-corrected chi connectivity index (χ4v) is 5.62. The number of nitrogens with one attached hydrogen (secondary N) is 1. The summed E-state index contributed by atoms with van der Waals surface area (Å²) in [5.74, 6) is -0.104. The molecular formula is C24H21Cl3N2OS. The molecule has 0 fully saturated rings. The van der Waals surface area contributed by atoms with Gasteiger partial charge in [-0.15, -0.1) is 11.8 Å². The SMILES string of the molecule is CCCCNC(=O)c1ccc2c(c1)N=C(c1ccc(Cl)cc1Cl)C1C=CC(Cl)=CC1S2. The Labute approximate surface area is 201 Å². The monoisotopic (exact) mass is 490 g/mol. The van der Waals surface area contributed by atoms with Crippen LogP contribution < -0.4 is 5.32 Å². The van der Waals surface area contributed by atoms with Crippen LogP contribution in [-0.2, 0) is 0 Å². The fraction of sp³-hybridized carbons (Fsp3) is 0.250. The van der Waals surface area contributed by atoms with E-state index in [1.807, 2.05) is 42.5 Å². The molecule has 2 aromatic rings. The van der Waals surface area contributed by atoms with Crippen LogP contribution in [-0.4, -0.2) is 23.4 Å². The summed E-state index contributed by atoms with van der Waals surface area (Å²) in [4.78, 5) is 18.6. The minimum absolute atomic E-state index is 0.0135. The van der Waals surface area contributed by atoms with E-state index in [9.17, 15) is 4.79 Å². The standard InChI is InChI=1S/C24H21Cl3N2OS/c1-2-3-10-28-24(30)14-4-9-21-20(11-14)29-23(17-7-5-15(25)12-19(17)27)18-8-6-16(26)13-22(18)31-21/h4-9,11-13,18,22H,2-3,10H2,1H3,(H,28,30). The van der Waals surface area contributed by atoms with Crippen molar-refractivity contribution in [1.29, 1.82) is 0 Å². The summed E-state index contributed by atoms with van der Waals surface area (Å²) in [6, 6.07) is 11.1. The fourth-order valence-electron chi connectivity index (χ4n) is 3.59. The van der Waals surface area contributed by atoms with Gasteiger partial charge in [-0.05, 0) is 42.8 Å². The molecule has 0 saturated heterocycles. The van der Waals surface area contributed by atoms with Gasteiger partial charge in [0.2, 0.25) is 0 Å². The first-order valence-electron chi connectivity index (χ1n) is 10.1. The molecule has 0 saturated carbocycles. The first kappa shape index (κ1) is 22.5. The minimum Gasteiger partial charge on any atom is -0.352 e. The lowest BCUT2D eigenvalue weighted by molar-refractivity contribution is 0.0953. The van der Waals surface area contributed by atoms with Crippen LogP contribution in [0, 0.1) is 5.92 Å². The number of allylic oxidation sites excluding steroid dienone is 3. The molecule has 7 heteroatoms. The third-order valence-electron chi connectivity index (χ3n) is 5.20. The Morgan fingerprint density at radius 1 is 1.16 bits per heavy atom. The van der Waals surface area contributed by atoms with E-state index in [-0.39, 0.29) is 17.1 Å². The van der Waals surface area contributed by atoms with E-state index in [0.717, 1.165) is 34.7 Å². The molecule has 160 valence electrons. The van der Waals surface area contributed by atoms with Gasteiger partial charge in [-0.2, -0.15) is 0 Å². The van der Waals surface area contributed by atoms with Gasteiger partial charge in [-0.25, -0.2) is 0 Å². The van der Waals surface area contributed by atoms with Crippen LogP contribution in [0.15, 0.2) is 69.5 Å². The lowest BCUT2D eigenvalue weighted by Crippen LogP contribution is -2.25. The molecule has 2 unspecified atom stereocenters. The Balaban J connectivity index is 1.79. The van der Waals surface area contributed by atoms with Gasteiger partial charge in [0.25, 0.3) is 5.91 Å². The number of hydrogen-bond acceptors (Lipinski definition) is 3. The zero-order chi connectivity index (χ0) is 22.0. The van der Waals surface area contributed by atoms with Crippen molar-refractivity contribution < 1.29 is 4.79 Å². The average Bonchev–Trinajstić information content (AvgIpc) is 2.89. The Hall–Kier alpha value is -1.72. The normalized spacial score (nSPS) is 19.6. The highest BCUT2D eigenvalue weighted by atomic mass is 35.5. The number of hydrogen-bond donors (Lipinski definition) is 1. The topological polar surface area (TPSA) is 41.5 Å². The number of halogens is 3. The first-order chi connectivity index (χ1) is 15.0. The second-order valence-electron chi connectivity index (χ2n) is 7.43. The van der Waals surface area contributed by atoms with Crippen molar-refractivity contribution in [2.75, 3.05) is 6.54 Å². The van der Waals surface area contributed by atoms with Gasteiger partial charge in [-0.3, -0.25) is 9.79 Å². The molecule has 4 rings (SSSR count). The van der Waals surface area contributed by atoms with Crippen LogP contribution in [0.3, 0.4) is 0 Å². The molecule has 31 heavy (non-hydrogen) atoms. The quantitative estimate of drug-likeness (QED) is 0.442. The van der Waals surface area contributed by atoms with Gasteiger partial charge in [0, 0.05) is 43.8 Å². The zero-order valence-electron chi connectivity index (χ0n) is 16.9. The minimum atomic E-state index is -0.0907. The van der Waals surface area contributed by atoms with Crippen molar-refractivity contribution in [3.05, 3.63) is 80.8 Å². The molecule has 0 aromatic heterocycles. The van der Waals surface area contributed by atoms with Crippen LogP contribution in [0.4, 0.5) is 5.69 Å². The van der Waals surface area contributed by atoms with Gasteiger partial charge in [0.1, 0.15) is 0 Å². The molecule has 3 nitrogen and oxygen atoms in total. The molecule has 1 aliphatic heterocycles. The Morgan fingerprint density at radius 3 is 2.77 bits per heavy atom. The number of benzene rings is 2. The van der Waals surface area contributed by atoms with E-state index in [2.05, 4.69) is 18.3 Å². The molecule has 1 heterocycles. The average molecular weight is 492 g/mol. The molecule has 0 bridgehead atoms. The second-order valence-corrected chi connectivity index (χ2v) is 9.93. The van der Waals surface area contributed by atoms with Gasteiger partial charge in [0.15, 0.2) is 0 Å². The number of carbonyl (C=O) groups is 1. The van der Waals surface area contributed by atoms with Crippen molar-refractivity contribution in [3.8, 4) is 0 Å². The number of nitrogens with zero attached hydrogens (tertiary/aromatic N) is 1. The lowest BCUT2D eigenvalue weighted by Gasteiger charge is -2.24. The number of amides is 1. The number of carbonyl (C=O) groups excluding carboxylic acids is 1. The van der Waals surface area contributed by atoms with Crippen molar-refractivity contribution in [2.24, 2.45) is 10.9 Å². The molecule has 2 aromatic carbocycles. The Kier molecular flexibility index (Phi) is 7.12. The Bertz CT molecular complexity index is 1110. The maximum absolute atomic E-state index is 12.6. The zero-order valence-corrected chi connectivity index (χ0v) is 20.0. The summed E-state index contributed by atoms with van der Waals surface area (Å²) < 4.78 is 0. The van der Waals surface area contributed by atoms with Crippen LogP contribution in [0.5, 0.6) is 0 Å². The number of rotatable bonds is 5. The first-order valence-corrected chi connectivity index (χ1v) is 12.2. The van der Waals surface area contributed by atoms with E-state index in [0.29, 0.717) is 27.2 Å². The van der Waals surface area contributed by atoms with Crippen LogP contribution in [0.2, 0.25) is 10.0 Å². The highest BCUT2D eigenvalue weighted by Crippen LogP contribution is 2.44. The number of aliphatic imine (C=N–C) groups is 1. The molecular weight excluding hydrogens is 471 g/mol. The summed E-state index contributed by atoms with van der Waals surface area (Å²) in [7, 11) is 0. The molecule has 0 radical (unpaired) electrons. The third-order valence-corrected chi connectivity index (χ3v) is 7.30. The molecule has 1 amide bonds. The number of thioether (sulfide) groups is 1.